The summed E-state index contributed by atoms with van der Waals surface area (Å²) in [5, 5.41) is 0. The van der Waals surface area contributed by atoms with Crippen molar-refractivity contribution in [2.24, 2.45) is 4.99 Å². The van der Waals surface area contributed by atoms with Gasteiger partial charge in [-0.1, -0.05) is 12.2 Å². The van der Waals surface area contributed by atoms with E-state index >= 15 is 0 Å². The van der Waals surface area contributed by atoms with Crippen molar-refractivity contribution in [1.82, 2.24) is 4.90 Å². The standard InChI is InChI=1S/C11H12N2O/c14-11-8-4-1-2-5-9(8)12-10-6-3-7-13(10)11/h1-2,4,10H,3,5-7H2. The van der Waals surface area contributed by atoms with Gasteiger partial charge in [-0.15, -0.1) is 0 Å². The number of allylic oxidation sites excluding steroid dienone is 3. The van der Waals surface area contributed by atoms with E-state index in [0.29, 0.717) is 0 Å². The van der Waals surface area contributed by atoms with Gasteiger partial charge in [-0.05, 0) is 18.9 Å². The third-order valence-corrected chi connectivity index (χ3v) is 3.04. The SMILES string of the molecule is O=C1C2=CC=CCC2=NC2CCCN12. The summed E-state index contributed by atoms with van der Waals surface area (Å²) < 4.78 is 0. The van der Waals surface area contributed by atoms with Crippen molar-refractivity contribution in [2.75, 3.05) is 6.54 Å². The number of carbonyl (C=O) groups is 1. The number of nitrogens with zero attached hydrogens (tertiary/aromatic N) is 2. The van der Waals surface area contributed by atoms with Gasteiger partial charge in [0.2, 0.25) is 0 Å². The Bertz CT molecular complexity index is 379. The van der Waals surface area contributed by atoms with Crippen LogP contribution < -0.4 is 0 Å². The fourth-order valence-electron chi connectivity index (χ4n) is 2.32. The van der Waals surface area contributed by atoms with Gasteiger partial charge < -0.3 is 4.90 Å². The fourth-order valence-corrected chi connectivity index (χ4v) is 2.32. The van der Waals surface area contributed by atoms with Gasteiger partial charge in [-0.25, -0.2) is 0 Å². The zero-order chi connectivity index (χ0) is 9.54. The van der Waals surface area contributed by atoms with Crippen molar-refractivity contribution < 1.29 is 4.79 Å². The van der Waals surface area contributed by atoms with Crippen molar-refractivity contribution in [3.8, 4) is 0 Å². The molecule has 2 heterocycles. The summed E-state index contributed by atoms with van der Waals surface area (Å²) in [5.74, 6) is 0.182. The molecule has 0 radical (unpaired) electrons. The van der Waals surface area contributed by atoms with E-state index in [4.69, 9.17) is 0 Å². The molecular formula is C11H12N2O. The monoisotopic (exact) mass is 188 g/mol. The first kappa shape index (κ1) is 7.97. The van der Waals surface area contributed by atoms with Crippen LogP contribution in [-0.4, -0.2) is 29.2 Å². The molecule has 0 N–H and O–H groups in total. The van der Waals surface area contributed by atoms with Gasteiger partial charge in [0.25, 0.3) is 5.91 Å². The summed E-state index contributed by atoms with van der Waals surface area (Å²) in [6.07, 6.45) is 8.98. The number of amides is 1. The Morgan fingerprint density at radius 2 is 2.43 bits per heavy atom. The van der Waals surface area contributed by atoms with E-state index in [2.05, 4.69) is 11.1 Å². The van der Waals surface area contributed by atoms with Gasteiger partial charge in [0.1, 0.15) is 6.17 Å². The molecule has 0 bridgehead atoms. The molecule has 3 aliphatic rings. The second-order valence-corrected chi connectivity index (χ2v) is 3.91. The molecule has 1 saturated heterocycles. The van der Waals surface area contributed by atoms with Crippen molar-refractivity contribution in [2.45, 2.75) is 25.4 Å². The van der Waals surface area contributed by atoms with Gasteiger partial charge in [-0.2, -0.15) is 0 Å². The molecule has 14 heavy (non-hydrogen) atoms. The predicted molar refractivity (Wildman–Crippen MR) is 54.0 cm³/mol. The molecule has 0 aromatic rings. The van der Waals surface area contributed by atoms with E-state index < -0.39 is 0 Å². The Labute approximate surface area is 82.8 Å². The minimum Gasteiger partial charge on any atom is -0.316 e. The number of aliphatic imine (C=N–C) groups is 1. The normalized spacial score (nSPS) is 29.6. The Morgan fingerprint density at radius 1 is 1.50 bits per heavy atom. The smallest absolute Gasteiger partial charge is 0.257 e. The third-order valence-electron chi connectivity index (χ3n) is 3.04. The van der Waals surface area contributed by atoms with Crippen molar-refractivity contribution in [3.05, 3.63) is 23.8 Å². The Hall–Kier alpha value is -1.38. The number of hydrogen-bond acceptors (Lipinski definition) is 2. The summed E-state index contributed by atoms with van der Waals surface area (Å²) >= 11 is 0. The first-order chi connectivity index (χ1) is 6.86. The molecule has 1 aliphatic carbocycles. The summed E-state index contributed by atoms with van der Waals surface area (Å²) in [4.78, 5) is 18.5. The lowest BCUT2D eigenvalue weighted by Crippen LogP contribution is -2.42. The van der Waals surface area contributed by atoms with Gasteiger partial charge in [0.15, 0.2) is 0 Å². The first-order valence-electron chi connectivity index (χ1n) is 5.11. The second-order valence-electron chi connectivity index (χ2n) is 3.91. The van der Waals surface area contributed by atoms with Crippen LogP contribution in [0, 0.1) is 0 Å². The quantitative estimate of drug-likeness (QED) is 0.563. The lowest BCUT2D eigenvalue weighted by atomic mass is 9.99. The van der Waals surface area contributed by atoms with Crippen LogP contribution in [0.3, 0.4) is 0 Å². The van der Waals surface area contributed by atoms with Gasteiger partial charge in [-0.3, -0.25) is 9.79 Å². The Balaban J connectivity index is 2.07. The summed E-state index contributed by atoms with van der Waals surface area (Å²) in [5.41, 5.74) is 1.80. The summed E-state index contributed by atoms with van der Waals surface area (Å²) in [6, 6.07) is 0. The zero-order valence-corrected chi connectivity index (χ0v) is 7.94. The third kappa shape index (κ3) is 0.983. The summed E-state index contributed by atoms with van der Waals surface area (Å²) in [7, 11) is 0. The predicted octanol–water partition coefficient (Wildman–Crippen LogP) is 1.28. The van der Waals surface area contributed by atoms with Gasteiger partial charge in [0.05, 0.1) is 11.3 Å². The molecule has 0 aromatic heterocycles. The summed E-state index contributed by atoms with van der Waals surface area (Å²) in [6.45, 7) is 0.876. The highest BCUT2D eigenvalue weighted by atomic mass is 16.2. The number of rotatable bonds is 0. The highest BCUT2D eigenvalue weighted by Crippen LogP contribution is 2.28. The Morgan fingerprint density at radius 3 is 3.36 bits per heavy atom. The van der Waals surface area contributed by atoms with E-state index in [9.17, 15) is 4.79 Å². The van der Waals surface area contributed by atoms with Crippen molar-refractivity contribution in [1.29, 1.82) is 0 Å². The average molecular weight is 188 g/mol. The molecule has 0 aromatic carbocycles. The number of hydrogen-bond donors (Lipinski definition) is 0. The Kier molecular flexibility index (Phi) is 1.60. The topological polar surface area (TPSA) is 32.7 Å². The zero-order valence-electron chi connectivity index (χ0n) is 7.94. The van der Waals surface area contributed by atoms with Crippen molar-refractivity contribution in [3.63, 3.8) is 0 Å². The van der Waals surface area contributed by atoms with Crippen LogP contribution in [0.5, 0.6) is 0 Å². The van der Waals surface area contributed by atoms with Crippen LogP contribution in [0.1, 0.15) is 19.3 Å². The lowest BCUT2D eigenvalue weighted by Gasteiger charge is -2.29. The number of fused-ring (bicyclic) bond motifs is 2. The largest absolute Gasteiger partial charge is 0.316 e. The maximum absolute atomic E-state index is 12.0. The van der Waals surface area contributed by atoms with Gasteiger partial charge >= 0.3 is 0 Å². The second kappa shape index (κ2) is 2.80. The minimum absolute atomic E-state index is 0.140. The molecule has 2 aliphatic heterocycles. The van der Waals surface area contributed by atoms with Crippen molar-refractivity contribution >= 4 is 11.6 Å². The van der Waals surface area contributed by atoms with E-state index in [1.54, 1.807) is 0 Å². The van der Waals surface area contributed by atoms with Crippen LogP contribution in [-0.2, 0) is 4.79 Å². The van der Waals surface area contributed by atoms with E-state index in [-0.39, 0.29) is 12.1 Å². The molecule has 1 amide bonds. The highest BCUT2D eigenvalue weighted by Gasteiger charge is 2.36. The molecule has 3 nitrogen and oxygen atoms in total. The lowest BCUT2D eigenvalue weighted by molar-refractivity contribution is -0.127. The molecule has 0 spiro atoms. The highest BCUT2D eigenvalue weighted by molar-refractivity contribution is 6.24. The van der Waals surface area contributed by atoms with Crippen LogP contribution in [0.4, 0.5) is 0 Å². The van der Waals surface area contributed by atoms with E-state index in [1.807, 2.05) is 17.1 Å². The number of carbonyl (C=O) groups excluding carboxylic acids is 1. The van der Waals surface area contributed by atoms with E-state index in [0.717, 1.165) is 37.1 Å². The van der Waals surface area contributed by atoms with E-state index in [1.165, 1.54) is 0 Å². The van der Waals surface area contributed by atoms with Crippen LogP contribution in [0.15, 0.2) is 28.8 Å². The molecule has 1 atom stereocenters. The average Bonchev–Trinajstić information content (AvgIpc) is 2.66. The fraction of sp³-hybridized carbons (Fsp3) is 0.455. The van der Waals surface area contributed by atoms with Crippen LogP contribution in [0.2, 0.25) is 0 Å². The molecule has 72 valence electrons. The van der Waals surface area contributed by atoms with Crippen LogP contribution >= 0.6 is 0 Å². The van der Waals surface area contributed by atoms with Gasteiger partial charge in [0, 0.05) is 13.0 Å². The molecular weight excluding hydrogens is 176 g/mol. The maximum Gasteiger partial charge on any atom is 0.257 e. The molecule has 0 saturated carbocycles. The molecule has 1 unspecified atom stereocenters. The maximum atomic E-state index is 12.0. The molecule has 3 heteroatoms. The van der Waals surface area contributed by atoms with Crippen LogP contribution in [0.25, 0.3) is 0 Å². The molecule has 3 rings (SSSR count). The first-order valence-corrected chi connectivity index (χ1v) is 5.11. The minimum atomic E-state index is 0.140. The molecule has 1 fully saturated rings.